The third-order valence-corrected chi connectivity index (χ3v) is 5.25. The highest BCUT2D eigenvalue weighted by Gasteiger charge is 2.50. The van der Waals surface area contributed by atoms with Crippen LogP contribution in [0.3, 0.4) is 0 Å². The van der Waals surface area contributed by atoms with Crippen LogP contribution in [0, 0.1) is 0 Å². The fourth-order valence-corrected chi connectivity index (χ4v) is 4.21. The summed E-state index contributed by atoms with van der Waals surface area (Å²) in [5.74, 6) is 0.267. The van der Waals surface area contributed by atoms with Crippen LogP contribution in [0.5, 0.6) is 0 Å². The Labute approximate surface area is 99.8 Å². The Bertz CT molecular complexity index is 495. The van der Waals surface area contributed by atoms with E-state index in [1.165, 1.54) is 0 Å². The first-order chi connectivity index (χ1) is 7.99. The second kappa shape index (κ2) is 3.44. The molecule has 0 bridgehead atoms. The van der Waals surface area contributed by atoms with Crippen molar-refractivity contribution in [2.45, 2.75) is 37.3 Å². The molecule has 1 unspecified atom stereocenters. The van der Waals surface area contributed by atoms with E-state index in [0.29, 0.717) is 24.8 Å². The Hall–Kier alpha value is -1.11. The zero-order valence-corrected chi connectivity index (χ0v) is 10.2. The van der Waals surface area contributed by atoms with E-state index in [1.807, 2.05) is 0 Å². The summed E-state index contributed by atoms with van der Waals surface area (Å²) < 4.78 is 23.3. The van der Waals surface area contributed by atoms with Crippen molar-refractivity contribution >= 4 is 21.7 Å². The molecular weight excluding hydrogens is 242 g/mol. The number of carbonyl (C=O) groups excluding carboxylic acids is 1. The standard InChI is InChI=1S/C10H15N3O3S/c14-8-10(4-1-5-17(15,16)6-10)13-9(12-8)11-7-2-3-7/h7H,1-6H2,(H2,11,12,13,14). The monoisotopic (exact) mass is 257 g/mol. The fourth-order valence-electron chi connectivity index (χ4n) is 2.38. The van der Waals surface area contributed by atoms with E-state index < -0.39 is 15.4 Å². The molecule has 1 aliphatic carbocycles. The molecule has 1 atom stereocenters. The summed E-state index contributed by atoms with van der Waals surface area (Å²) in [5, 5.41) is 5.65. The molecule has 1 amide bonds. The number of hydrogen-bond acceptors (Lipinski definition) is 4. The zero-order valence-electron chi connectivity index (χ0n) is 9.40. The van der Waals surface area contributed by atoms with Gasteiger partial charge >= 0.3 is 0 Å². The molecule has 0 aromatic heterocycles. The van der Waals surface area contributed by atoms with Crippen molar-refractivity contribution in [2.24, 2.45) is 4.99 Å². The number of aliphatic imine (C=N–C) groups is 1. The predicted octanol–water partition coefficient (Wildman–Crippen LogP) is -0.828. The quantitative estimate of drug-likeness (QED) is 0.642. The number of nitrogens with zero attached hydrogens (tertiary/aromatic N) is 1. The second-order valence-electron chi connectivity index (χ2n) is 5.07. The second-order valence-corrected chi connectivity index (χ2v) is 7.25. The maximum Gasteiger partial charge on any atom is 0.253 e. The van der Waals surface area contributed by atoms with Gasteiger partial charge in [-0.05, 0) is 25.7 Å². The molecule has 7 heteroatoms. The highest BCUT2D eigenvalue weighted by Crippen LogP contribution is 2.28. The van der Waals surface area contributed by atoms with Gasteiger partial charge < -0.3 is 5.32 Å². The molecule has 17 heavy (non-hydrogen) atoms. The van der Waals surface area contributed by atoms with Crippen LogP contribution in [0.25, 0.3) is 0 Å². The molecule has 2 aliphatic heterocycles. The van der Waals surface area contributed by atoms with Crippen LogP contribution < -0.4 is 10.6 Å². The van der Waals surface area contributed by atoms with Gasteiger partial charge in [0.1, 0.15) is 5.54 Å². The summed E-state index contributed by atoms with van der Waals surface area (Å²) in [6.45, 7) is 0. The molecule has 2 saturated heterocycles. The number of nitrogens with one attached hydrogen (secondary N) is 2. The Morgan fingerprint density at radius 2 is 2.12 bits per heavy atom. The highest BCUT2D eigenvalue weighted by atomic mass is 32.2. The van der Waals surface area contributed by atoms with Gasteiger partial charge in [0.05, 0.1) is 17.5 Å². The molecule has 0 aromatic rings. The average Bonchev–Trinajstić information content (AvgIpc) is 2.94. The van der Waals surface area contributed by atoms with E-state index in [4.69, 9.17) is 0 Å². The SMILES string of the molecule is O=C1NC(=NC2CC2)NC12CCCS(=O)(=O)C2. The van der Waals surface area contributed by atoms with Crippen LogP contribution in [0.2, 0.25) is 0 Å². The van der Waals surface area contributed by atoms with E-state index in [2.05, 4.69) is 15.6 Å². The maximum absolute atomic E-state index is 11.9. The molecule has 1 spiro atoms. The number of carbonyl (C=O) groups is 1. The number of rotatable bonds is 1. The van der Waals surface area contributed by atoms with Crippen molar-refractivity contribution in [1.82, 2.24) is 10.6 Å². The van der Waals surface area contributed by atoms with E-state index in [0.717, 1.165) is 12.8 Å². The lowest BCUT2D eigenvalue weighted by Crippen LogP contribution is -2.55. The van der Waals surface area contributed by atoms with Gasteiger partial charge in [-0.3, -0.25) is 10.1 Å². The van der Waals surface area contributed by atoms with Gasteiger partial charge in [0.25, 0.3) is 5.91 Å². The lowest BCUT2D eigenvalue weighted by atomic mass is 9.96. The first kappa shape index (κ1) is 11.0. The van der Waals surface area contributed by atoms with Gasteiger partial charge in [0.2, 0.25) is 0 Å². The molecule has 2 N–H and O–H groups in total. The zero-order chi connectivity index (χ0) is 12.1. The van der Waals surface area contributed by atoms with Crippen LogP contribution in [0.1, 0.15) is 25.7 Å². The van der Waals surface area contributed by atoms with Crippen molar-refractivity contribution in [1.29, 1.82) is 0 Å². The average molecular weight is 257 g/mol. The summed E-state index contributed by atoms with van der Waals surface area (Å²) in [6.07, 6.45) is 3.18. The molecule has 3 aliphatic rings. The normalized spacial score (nSPS) is 38.1. The smallest absolute Gasteiger partial charge is 0.253 e. The minimum Gasteiger partial charge on any atom is -0.341 e. The molecule has 3 fully saturated rings. The third kappa shape index (κ3) is 2.03. The van der Waals surface area contributed by atoms with Gasteiger partial charge in [-0.2, -0.15) is 0 Å². The Balaban J connectivity index is 1.85. The van der Waals surface area contributed by atoms with E-state index >= 15 is 0 Å². The lowest BCUT2D eigenvalue weighted by Gasteiger charge is -2.29. The van der Waals surface area contributed by atoms with Gasteiger partial charge in [0, 0.05) is 0 Å². The Kier molecular flexibility index (Phi) is 2.23. The summed E-state index contributed by atoms with van der Waals surface area (Å²) >= 11 is 0. The topological polar surface area (TPSA) is 87.6 Å². The summed E-state index contributed by atoms with van der Waals surface area (Å²) in [4.78, 5) is 16.2. The van der Waals surface area contributed by atoms with Gasteiger partial charge in [0.15, 0.2) is 15.8 Å². The van der Waals surface area contributed by atoms with Crippen molar-refractivity contribution in [3.05, 3.63) is 0 Å². The van der Waals surface area contributed by atoms with Gasteiger partial charge in [-0.1, -0.05) is 0 Å². The summed E-state index contributed by atoms with van der Waals surface area (Å²) in [7, 11) is -3.12. The first-order valence-electron chi connectivity index (χ1n) is 5.87. The number of amides is 1. The Morgan fingerprint density at radius 1 is 1.35 bits per heavy atom. The van der Waals surface area contributed by atoms with E-state index in [9.17, 15) is 13.2 Å². The van der Waals surface area contributed by atoms with E-state index in [-0.39, 0.29) is 17.4 Å². The minimum atomic E-state index is -3.12. The predicted molar refractivity (Wildman–Crippen MR) is 62.4 cm³/mol. The largest absolute Gasteiger partial charge is 0.341 e. The lowest BCUT2D eigenvalue weighted by molar-refractivity contribution is -0.123. The third-order valence-electron chi connectivity index (χ3n) is 3.41. The van der Waals surface area contributed by atoms with E-state index in [1.54, 1.807) is 0 Å². The first-order valence-corrected chi connectivity index (χ1v) is 7.69. The molecule has 94 valence electrons. The van der Waals surface area contributed by atoms with Crippen molar-refractivity contribution in [2.75, 3.05) is 11.5 Å². The summed E-state index contributed by atoms with van der Waals surface area (Å²) in [5.41, 5.74) is -0.967. The van der Waals surface area contributed by atoms with Crippen molar-refractivity contribution < 1.29 is 13.2 Å². The molecule has 6 nitrogen and oxygen atoms in total. The van der Waals surface area contributed by atoms with Gasteiger partial charge in [-0.25, -0.2) is 13.4 Å². The van der Waals surface area contributed by atoms with Crippen LogP contribution in [-0.2, 0) is 14.6 Å². The molecule has 3 rings (SSSR count). The molecule has 1 saturated carbocycles. The van der Waals surface area contributed by atoms with Crippen LogP contribution in [0.4, 0.5) is 0 Å². The van der Waals surface area contributed by atoms with Gasteiger partial charge in [-0.15, -0.1) is 0 Å². The molecular formula is C10H15N3O3S. The maximum atomic E-state index is 11.9. The van der Waals surface area contributed by atoms with Crippen LogP contribution in [-0.4, -0.2) is 43.4 Å². The summed E-state index contributed by atoms with van der Waals surface area (Å²) in [6, 6.07) is 0.299. The number of hydrogen-bond donors (Lipinski definition) is 2. The Morgan fingerprint density at radius 3 is 2.76 bits per heavy atom. The highest BCUT2D eigenvalue weighted by molar-refractivity contribution is 7.91. The fraction of sp³-hybridized carbons (Fsp3) is 0.800. The van der Waals surface area contributed by atoms with Crippen LogP contribution >= 0.6 is 0 Å². The molecule has 2 heterocycles. The molecule has 0 aromatic carbocycles. The minimum absolute atomic E-state index is 0.116. The van der Waals surface area contributed by atoms with Crippen molar-refractivity contribution in [3.8, 4) is 0 Å². The molecule has 0 radical (unpaired) electrons. The van der Waals surface area contributed by atoms with Crippen molar-refractivity contribution in [3.63, 3.8) is 0 Å². The van der Waals surface area contributed by atoms with Crippen LogP contribution in [0.15, 0.2) is 4.99 Å². The number of guanidine groups is 1. The number of sulfone groups is 1.